The van der Waals surface area contributed by atoms with Crippen molar-refractivity contribution < 1.29 is 9.53 Å². The first-order valence-corrected chi connectivity index (χ1v) is 9.56. The molecular weight excluding hydrogens is 467 g/mol. The highest BCUT2D eigenvalue weighted by molar-refractivity contribution is 14.0. The molecule has 6 nitrogen and oxygen atoms in total. The van der Waals surface area contributed by atoms with Gasteiger partial charge in [-0.1, -0.05) is 12.0 Å². The van der Waals surface area contributed by atoms with E-state index in [4.69, 9.17) is 11.2 Å². The predicted octanol–water partition coefficient (Wildman–Crippen LogP) is 2.94. The predicted molar refractivity (Wildman–Crippen MR) is 125 cm³/mol. The molecule has 0 bridgehead atoms. The first-order chi connectivity index (χ1) is 13.1. The molecule has 28 heavy (non-hydrogen) atoms. The molecule has 1 aromatic carbocycles. The first-order valence-electron chi connectivity index (χ1n) is 9.56. The molecule has 0 radical (unpaired) electrons. The van der Waals surface area contributed by atoms with Crippen molar-refractivity contribution in [2.75, 3.05) is 45.2 Å². The van der Waals surface area contributed by atoms with E-state index in [0.717, 1.165) is 57.1 Å². The maximum Gasteiger partial charge on any atom is 0.246 e. The van der Waals surface area contributed by atoms with Crippen molar-refractivity contribution in [1.29, 1.82) is 0 Å². The SMILES string of the molecule is C#Cc1cccc(NC(=O)CN=C(NCC)N(C)CCC2CCOCC2)c1.I. The Morgan fingerprint density at radius 3 is 2.82 bits per heavy atom. The van der Waals surface area contributed by atoms with E-state index in [-0.39, 0.29) is 36.4 Å². The number of hydrogen-bond donors (Lipinski definition) is 2. The van der Waals surface area contributed by atoms with Crippen molar-refractivity contribution in [3.05, 3.63) is 29.8 Å². The molecule has 0 saturated carbocycles. The molecule has 0 spiro atoms. The zero-order valence-corrected chi connectivity index (χ0v) is 19.1. The highest BCUT2D eigenvalue weighted by Crippen LogP contribution is 2.18. The zero-order chi connectivity index (χ0) is 19.5. The van der Waals surface area contributed by atoms with Crippen LogP contribution in [0.4, 0.5) is 5.69 Å². The lowest BCUT2D eigenvalue weighted by Crippen LogP contribution is -2.40. The summed E-state index contributed by atoms with van der Waals surface area (Å²) < 4.78 is 5.42. The van der Waals surface area contributed by atoms with Gasteiger partial charge in [0.25, 0.3) is 0 Å². The van der Waals surface area contributed by atoms with Crippen LogP contribution in [0.25, 0.3) is 0 Å². The summed E-state index contributed by atoms with van der Waals surface area (Å²) in [5.41, 5.74) is 1.42. The number of nitrogens with one attached hydrogen (secondary N) is 2. The Morgan fingerprint density at radius 2 is 2.14 bits per heavy atom. The minimum absolute atomic E-state index is 0. The fraction of sp³-hybridized carbons (Fsp3) is 0.524. The Balaban J connectivity index is 0.00000392. The number of carbonyl (C=O) groups excluding carboxylic acids is 1. The van der Waals surface area contributed by atoms with Crippen molar-refractivity contribution in [2.24, 2.45) is 10.9 Å². The third-order valence-corrected chi connectivity index (χ3v) is 4.60. The second-order valence-corrected chi connectivity index (χ2v) is 6.71. The van der Waals surface area contributed by atoms with Crippen LogP contribution >= 0.6 is 24.0 Å². The molecule has 1 heterocycles. The number of halogens is 1. The first kappa shape index (κ1) is 24.2. The van der Waals surface area contributed by atoms with E-state index in [2.05, 4.69) is 26.4 Å². The monoisotopic (exact) mass is 498 g/mol. The summed E-state index contributed by atoms with van der Waals surface area (Å²) in [7, 11) is 2.01. The number of hydrogen-bond acceptors (Lipinski definition) is 3. The number of carbonyl (C=O) groups is 1. The van der Waals surface area contributed by atoms with Gasteiger partial charge in [0.05, 0.1) is 0 Å². The second kappa shape index (κ2) is 13.4. The van der Waals surface area contributed by atoms with Gasteiger partial charge in [-0.25, -0.2) is 4.99 Å². The van der Waals surface area contributed by atoms with Crippen LogP contribution in [0.1, 0.15) is 31.7 Å². The lowest BCUT2D eigenvalue weighted by atomic mass is 9.96. The Hall–Kier alpha value is -1.79. The molecule has 2 rings (SSSR count). The van der Waals surface area contributed by atoms with Crippen LogP contribution in [-0.4, -0.2) is 56.7 Å². The fourth-order valence-electron chi connectivity index (χ4n) is 3.02. The summed E-state index contributed by atoms with van der Waals surface area (Å²) in [5, 5.41) is 6.09. The van der Waals surface area contributed by atoms with E-state index in [0.29, 0.717) is 11.6 Å². The van der Waals surface area contributed by atoms with Crippen molar-refractivity contribution in [3.8, 4) is 12.3 Å². The number of anilines is 1. The minimum Gasteiger partial charge on any atom is -0.381 e. The quantitative estimate of drug-likeness (QED) is 0.263. The van der Waals surface area contributed by atoms with E-state index < -0.39 is 0 Å². The summed E-state index contributed by atoms with van der Waals surface area (Å²) in [6.07, 6.45) is 8.75. The topological polar surface area (TPSA) is 66.0 Å². The summed E-state index contributed by atoms with van der Waals surface area (Å²) >= 11 is 0. The van der Waals surface area contributed by atoms with Crippen LogP contribution in [0.15, 0.2) is 29.3 Å². The maximum atomic E-state index is 12.2. The molecular formula is C21H31IN4O2. The Bertz CT molecular complexity index is 681. The Kier molecular flexibility index (Phi) is 11.6. The number of rotatable bonds is 7. The highest BCUT2D eigenvalue weighted by atomic mass is 127. The molecule has 1 amide bonds. The molecule has 1 fully saturated rings. The van der Waals surface area contributed by atoms with Gasteiger partial charge < -0.3 is 20.3 Å². The van der Waals surface area contributed by atoms with Gasteiger partial charge in [-0.05, 0) is 50.3 Å². The maximum absolute atomic E-state index is 12.2. The number of aliphatic imine (C=N–C) groups is 1. The molecule has 1 aliphatic heterocycles. The molecule has 1 aromatic rings. The van der Waals surface area contributed by atoms with Crippen molar-refractivity contribution >= 4 is 41.5 Å². The van der Waals surface area contributed by atoms with Gasteiger partial charge in [0.15, 0.2) is 5.96 Å². The average Bonchev–Trinajstić information content (AvgIpc) is 2.70. The van der Waals surface area contributed by atoms with E-state index in [9.17, 15) is 4.79 Å². The van der Waals surface area contributed by atoms with E-state index in [1.807, 2.05) is 32.2 Å². The van der Waals surface area contributed by atoms with Crippen molar-refractivity contribution in [1.82, 2.24) is 10.2 Å². The second-order valence-electron chi connectivity index (χ2n) is 6.71. The van der Waals surface area contributed by atoms with Gasteiger partial charge in [0.1, 0.15) is 6.54 Å². The summed E-state index contributed by atoms with van der Waals surface area (Å²) in [6, 6.07) is 7.23. The van der Waals surface area contributed by atoms with Crippen LogP contribution in [-0.2, 0) is 9.53 Å². The number of ether oxygens (including phenoxy) is 1. The number of terminal acetylenes is 1. The third-order valence-electron chi connectivity index (χ3n) is 4.60. The molecule has 0 aliphatic carbocycles. The number of nitrogens with zero attached hydrogens (tertiary/aromatic N) is 2. The Labute approximate surface area is 185 Å². The van der Waals surface area contributed by atoms with Crippen LogP contribution in [0, 0.1) is 18.3 Å². The largest absolute Gasteiger partial charge is 0.381 e. The molecule has 0 aromatic heterocycles. The van der Waals surface area contributed by atoms with Crippen molar-refractivity contribution in [3.63, 3.8) is 0 Å². The molecule has 1 saturated heterocycles. The van der Waals surface area contributed by atoms with Gasteiger partial charge in [-0.15, -0.1) is 30.4 Å². The molecule has 154 valence electrons. The Morgan fingerprint density at radius 1 is 1.39 bits per heavy atom. The minimum atomic E-state index is -0.169. The number of amides is 1. The fourth-order valence-corrected chi connectivity index (χ4v) is 3.02. The number of guanidine groups is 1. The lowest BCUT2D eigenvalue weighted by molar-refractivity contribution is -0.114. The standard InChI is InChI=1S/C21H30N4O2.HI/c1-4-17-7-6-8-19(15-17)24-20(26)16-23-21(22-5-2)25(3)12-9-18-10-13-27-14-11-18;/h1,6-8,15,18H,5,9-14,16H2,2-3H3,(H,22,23)(H,24,26);1H. The van der Waals surface area contributed by atoms with Crippen molar-refractivity contribution in [2.45, 2.75) is 26.2 Å². The van der Waals surface area contributed by atoms with Crippen LogP contribution in [0.3, 0.4) is 0 Å². The molecule has 1 aliphatic rings. The normalized spacial score (nSPS) is 14.5. The molecule has 0 unspecified atom stereocenters. The molecule has 0 atom stereocenters. The van der Waals surface area contributed by atoms with E-state index >= 15 is 0 Å². The van der Waals surface area contributed by atoms with Gasteiger partial charge in [0.2, 0.25) is 5.91 Å². The van der Waals surface area contributed by atoms with Gasteiger partial charge in [-0.2, -0.15) is 0 Å². The van der Waals surface area contributed by atoms with Crippen LogP contribution < -0.4 is 10.6 Å². The third kappa shape index (κ3) is 8.48. The highest BCUT2D eigenvalue weighted by Gasteiger charge is 2.15. The number of benzene rings is 1. The van der Waals surface area contributed by atoms with Gasteiger partial charge in [0, 0.05) is 44.6 Å². The average molecular weight is 498 g/mol. The van der Waals surface area contributed by atoms with Crippen LogP contribution in [0.2, 0.25) is 0 Å². The smallest absolute Gasteiger partial charge is 0.246 e. The molecule has 2 N–H and O–H groups in total. The summed E-state index contributed by atoms with van der Waals surface area (Å²) in [6.45, 7) is 5.47. The van der Waals surface area contributed by atoms with E-state index in [1.165, 1.54) is 0 Å². The van der Waals surface area contributed by atoms with Crippen LogP contribution in [0.5, 0.6) is 0 Å². The summed E-state index contributed by atoms with van der Waals surface area (Å²) in [4.78, 5) is 18.8. The van der Waals surface area contributed by atoms with Gasteiger partial charge >= 0.3 is 0 Å². The van der Waals surface area contributed by atoms with E-state index in [1.54, 1.807) is 6.07 Å². The summed E-state index contributed by atoms with van der Waals surface area (Å²) in [5.74, 6) is 3.84. The zero-order valence-electron chi connectivity index (χ0n) is 16.7. The molecule has 7 heteroatoms. The van der Waals surface area contributed by atoms with Gasteiger partial charge in [-0.3, -0.25) is 4.79 Å². The lowest BCUT2D eigenvalue weighted by Gasteiger charge is -2.26.